The Labute approximate surface area is 124 Å². The van der Waals surface area contributed by atoms with Gasteiger partial charge >= 0.3 is 5.97 Å². The second kappa shape index (κ2) is 6.84. The van der Waals surface area contributed by atoms with Crippen LogP contribution in [0.15, 0.2) is 35.7 Å². The summed E-state index contributed by atoms with van der Waals surface area (Å²) in [6.07, 6.45) is 1.50. The number of carbonyl (C=O) groups excluding carboxylic acids is 1. The molecule has 0 saturated carbocycles. The predicted molar refractivity (Wildman–Crippen MR) is 77.7 cm³/mol. The predicted octanol–water partition coefficient (Wildman–Crippen LogP) is 0.861. The second-order valence-electron chi connectivity index (χ2n) is 4.48. The normalized spacial score (nSPS) is 20.5. The van der Waals surface area contributed by atoms with E-state index in [9.17, 15) is 13.2 Å². The van der Waals surface area contributed by atoms with Crippen LogP contribution >= 0.6 is 0 Å². The van der Waals surface area contributed by atoms with E-state index in [1.54, 1.807) is 12.1 Å². The van der Waals surface area contributed by atoms with E-state index in [1.807, 2.05) is 18.2 Å². The third kappa shape index (κ3) is 3.90. The molecule has 0 spiro atoms. The third-order valence-electron chi connectivity index (χ3n) is 3.11. The number of carbonyl (C=O) groups is 1. The third-order valence-corrected chi connectivity index (χ3v) is 4.68. The lowest BCUT2D eigenvalue weighted by atomic mass is 10.2. The van der Waals surface area contributed by atoms with Crippen molar-refractivity contribution in [2.45, 2.75) is 6.04 Å². The van der Waals surface area contributed by atoms with Gasteiger partial charge in [-0.2, -0.15) is 4.31 Å². The highest BCUT2D eigenvalue weighted by molar-refractivity contribution is 7.92. The summed E-state index contributed by atoms with van der Waals surface area (Å²) in [5.41, 5.74) is 0.768. The van der Waals surface area contributed by atoms with Gasteiger partial charge in [0.2, 0.25) is 10.0 Å². The SMILES string of the molecule is COC(=O)C1COCCN1S(=O)(=O)/C=C/c1ccccc1. The fourth-order valence-corrected chi connectivity index (χ4v) is 3.34. The minimum absolute atomic E-state index is 0.00504. The van der Waals surface area contributed by atoms with E-state index in [-0.39, 0.29) is 19.8 Å². The Morgan fingerprint density at radius 1 is 1.38 bits per heavy atom. The lowest BCUT2D eigenvalue weighted by Gasteiger charge is -2.31. The Bertz CT molecular complexity index is 612. The van der Waals surface area contributed by atoms with Gasteiger partial charge in [0, 0.05) is 12.0 Å². The molecule has 1 saturated heterocycles. The molecular weight excluding hydrogens is 294 g/mol. The van der Waals surface area contributed by atoms with Crippen LogP contribution in [0.3, 0.4) is 0 Å². The van der Waals surface area contributed by atoms with Crippen LogP contribution in [0.4, 0.5) is 0 Å². The summed E-state index contributed by atoms with van der Waals surface area (Å²) < 4.78 is 35.6. The summed E-state index contributed by atoms with van der Waals surface area (Å²) >= 11 is 0. The zero-order valence-electron chi connectivity index (χ0n) is 11.6. The number of hydrogen-bond acceptors (Lipinski definition) is 5. The molecule has 1 atom stereocenters. The van der Waals surface area contributed by atoms with Crippen molar-refractivity contribution in [3.05, 3.63) is 41.3 Å². The lowest BCUT2D eigenvalue weighted by molar-refractivity contribution is -0.149. The molecule has 6 nitrogen and oxygen atoms in total. The highest BCUT2D eigenvalue weighted by atomic mass is 32.2. The maximum atomic E-state index is 12.4. The molecule has 1 unspecified atom stereocenters. The van der Waals surface area contributed by atoms with Crippen molar-refractivity contribution in [3.63, 3.8) is 0 Å². The Morgan fingerprint density at radius 3 is 2.76 bits per heavy atom. The van der Waals surface area contributed by atoms with Gasteiger partial charge in [-0.25, -0.2) is 8.42 Å². The standard InChI is InChI=1S/C14H17NO5S/c1-19-14(16)13-11-20-9-8-15(13)21(17,18)10-7-12-5-3-2-4-6-12/h2-7,10,13H,8-9,11H2,1H3/b10-7+. The molecule has 0 amide bonds. The molecule has 1 fully saturated rings. The Kier molecular flexibility index (Phi) is 5.11. The van der Waals surface area contributed by atoms with Crippen molar-refractivity contribution in [2.24, 2.45) is 0 Å². The molecule has 0 N–H and O–H groups in total. The van der Waals surface area contributed by atoms with Gasteiger partial charge in [0.15, 0.2) is 0 Å². The first-order chi connectivity index (χ1) is 10.0. The smallest absolute Gasteiger partial charge is 0.326 e. The van der Waals surface area contributed by atoms with Gasteiger partial charge in [-0.15, -0.1) is 0 Å². The second-order valence-corrected chi connectivity index (χ2v) is 6.25. The van der Waals surface area contributed by atoms with Gasteiger partial charge in [0.05, 0.1) is 20.3 Å². The maximum Gasteiger partial charge on any atom is 0.326 e. The number of nitrogens with zero attached hydrogens (tertiary/aromatic N) is 1. The zero-order valence-corrected chi connectivity index (χ0v) is 12.5. The molecule has 1 heterocycles. The quantitative estimate of drug-likeness (QED) is 0.771. The van der Waals surface area contributed by atoms with Crippen LogP contribution in [-0.4, -0.2) is 51.6 Å². The highest BCUT2D eigenvalue weighted by Crippen LogP contribution is 2.16. The highest BCUT2D eigenvalue weighted by Gasteiger charge is 2.36. The Hall–Kier alpha value is -1.70. The van der Waals surface area contributed by atoms with E-state index in [0.29, 0.717) is 0 Å². The van der Waals surface area contributed by atoms with E-state index < -0.39 is 22.0 Å². The average molecular weight is 311 g/mol. The van der Waals surface area contributed by atoms with E-state index in [4.69, 9.17) is 4.74 Å². The number of benzene rings is 1. The molecule has 0 radical (unpaired) electrons. The van der Waals surface area contributed by atoms with Crippen molar-refractivity contribution in [2.75, 3.05) is 26.9 Å². The molecule has 0 bridgehead atoms. The average Bonchev–Trinajstić information content (AvgIpc) is 2.53. The molecule has 0 aliphatic carbocycles. The number of rotatable bonds is 4. The van der Waals surface area contributed by atoms with Crippen molar-refractivity contribution in [1.82, 2.24) is 4.31 Å². The minimum atomic E-state index is -3.71. The number of methoxy groups -OCH3 is 1. The Balaban J connectivity index is 2.20. The summed E-state index contributed by atoms with van der Waals surface area (Å²) in [5, 5.41) is 1.10. The van der Waals surface area contributed by atoms with Crippen LogP contribution < -0.4 is 0 Å². The van der Waals surface area contributed by atoms with Crippen LogP contribution in [0.1, 0.15) is 5.56 Å². The largest absolute Gasteiger partial charge is 0.468 e. The topological polar surface area (TPSA) is 72.9 Å². The molecule has 0 aromatic heterocycles. The molecule has 1 aliphatic rings. The molecule has 1 aromatic carbocycles. The molecule has 2 rings (SSSR count). The summed E-state index contributed by atoms with van der Waals surface area (Å²) in [6, 6.07) is 8.14. The molecule has 114 valence electrons. The maximum absolute atomic E-state index is 12.4. The number of sulfonamides is 1. The van der Waals surface area contributed by atoms with Gasteiger partial charge in [-0.05, 0) is 11.6 Å². The Morgan fingerprint density at radius 2 is 2.10 bits per heavy atom. The first-order valence-corrected chi connectivity index (χ1v) is 7.95. The van der Waals surface area contributed by atoms with Crippen LogP contribution in [-0.2, 0) is 24.3 Å². The number of esters is 1. The fourth-order valence-electron chi connectivity index (χ4n) is 2.02. The van der Waals surface area contributed by atoms with Crippen LogP contribution in [0, 0.1) is 0 Å². The summed E-state index contributed by atoms with van der Waals surface area (Å²) in [5.74, 6) is -0.619. The number of morpholine rings is 1. The van der Waals surface area contributed by atoms with Crippen LogP contribution in [0.5, 0.6) is 0 Å². The monoisotopic (exact) mass is 311 g/mol. The van der Waals surface area contributed by atoms with Crippen LogP contribution in [0.25, 0.3) is 6.08 Å². The summed E-state index contributed by atoms with van der Waals surface area (Å²) in [6.45, 7) is 0.387. The van der Waals surface area contributed by atoms with Gasteiger partial charge in [0.25, 0.3) is 0 Å². The van der Waals surface area contributed by atoms with E-state index in [1.165, 1.54) is 13.2 Å². The van der Waals surface area contributed by atoms with Gasteiger partial charge in [-0.1, -0.05) is 30.3 Å². The lowest BCUT2D eigenvalue weighted by Crippen LogP contribution is -2.52. The number of ether oxygens (including phenoxy) is 2. The summed E-state index contributed by atoms with van der Waals surface area (Å²) in [7, 11) is -2.49. The van der Waals surface area contributed by atoms with Gasteiger partial charge in [-0.3, -0.25) is 4.79 Å². The van der Waals surface area contributed by atoms with Crippen LogP contribution in [0.2, 0.25) is 0 Å². The van der Waals surface area contributed by atoms with Gasteiger partial charge < -0.3 is 9.47 Å². The molecule has 1 aliphatic heterocycles. The molecule has 7 heteroatoms. The van der Waals surface area contributed by atoms with Crippen molar-refractivity contribution < 1.29 is 22.7 Å². The zero-order chi connectivity index (χ0) is 15.3. The summed E-state index contributed by atoms with van der Waals surface area (Å²) in [4.78, 5) is 11.7. The fraction of sp³-hybridized carbons (Fsp3) is 0.357. The first-order valence-electron chi connectivity index (χ1n) is 6.45. The first kappa shape index (κ1) is 15.7. The van der Waals surface area contributed by atoms with E-state index in [2.05, 4.69) is 4.74 Å². The molecule has 21 heavy (non-hydrogen) atoms. The number of hydrogen-bond donors (Lipinski definition) is 0. The van der Waals surface area contributed by atoms with Gasteiger partial charge in [0.1, 0.15) is 6.04 Å². The van der Waals surface area contributed by atoms with Crippen molar-refractivity contribution in [3.8, 4) is 0 Å². The van der Waals surface area contributed by atoms with Crippen molar-refractivity contribution >= 4 is 22.1 Å². The minimum Gasteiger partial charge on any atom is -0.468 e. The molecule has 1 aromatic rings. The van der Waals surface area contributed by atoms with Crippen molar-refractivity contribution in [1.29, 1.82) is 0 Å². The molecular formula is C14H17NO5S. The van der Waals surface area contributed by atoms with E-state index >= 15 is 0 Å². The van der Waals surface area contributed by atoms with E-state index in [0.717, 1.165) is 15.3 Å².